The zero-order chi connectivity index (χ0) is 28.6. The molecule has 0 saturated heterocycles. The number of nitrogens with zero attached hydrogens (tertiary/aromatic N) is 2. The van der Waals surface area contributed by atoms with Gasteiger partial charge in [-0.25, -0.2) is 9.78 Å². The van der Waals surface area contributed by atoms with Crippen molar-refractivity contribution in [1.82, 2.24) is 4.98 Å². The number of rotatable bonds is 5. The summed E-state index contributed by atoms with van der Waals surface area (Å²) in [7, 11) is 0. The third kappa shape index (κ3) is 5.59. The lowest BCUT2D eigenvalue weighted by atomic mass is 9.95. The fourth-order valence-electron chi connectivity index (χ4n) is 4.65. The molecule has 2 heterocycles. The smallest absolute Gasteiger partial charge is 0.413 e. The number of anilines is 3. The maximum Gasteiger partial charge on any atom is 0.413 e. The van der Waals surface area contributed by atoms with Crippen molar-refractivity contribution in [2.75, 3.05) is 28.0 Å². The van der Waals surface area contributed by atoms with E-state index in [-0.39, 0.29) is 28.4 Å². The van der Waals surface area contributed by atoms with Crippen LogP contribution in [-0.4, -0.2) is 46.0 Å². The summed E-state index contributed by atoms with van der Waals surface area (Å²) < 4.78 is 5.21. The molecule has 1 aliphatic rings. The van der Waals surface area contributed by atoms with Crippen LogP contribution >= 0.6 is 22.9 Å². The van der Waals surface area contributed by atoms with Crippen LogP contribution in [0.15, 0.2) is 60.0 Å². The van der Waals surface area contributed by atoms with Crippen LogP contribution in [0.3, 0.4) is 0 Å². The van der Waals surface area contributed by atoms with Crippen molar-refractivity contribution in [3.8, 4) is 5.75 Å². The molecular formula is C29H27ClN4O5S. The molecule has 3 amide bonds. The number of aromatic nitrogens is 1. The lowest BCUT2D eigenvalue weighted by Gasteiger charge is -2.19. The summed E-state index contributed by atoms with van der Waals surface area (Å²) in [6.07, 6.45) is -0.666. The number of carbonyl (C=O) groups is 3. The largest absolute Gasteiger partial charge is 0.507 e. The van der Waals surface area contributed by atoms with Crippen molar-refractivity contribution in [3.63, 3.8) is 0 Å². The highest BCUT2D eigenvalue weighted by Crippen LogP contribution is 2.45. The minimum absolute atomic E-state index is 0.0900. The highest BCUT2D eigenvalue weighted by atomic mass is 35.5. The maximum absolute atomic E-state index is 13.7. The molecule has 1 aliphatic heterocycles. The standard InChI is InChI=1S/C29H27ClN4O5S/c1-29(2,3)39-28(38)33-27-32-21(15-40-27)25(36)31-18-8-6-7-16(11-18)26(37)34-14-17(13-30)24-20-10-5-4-9-19(20)23(35)12-22(24)34/h4-12,15,17,35H,13-14H2,1-3H3,(H,31,36)(H,32,33,38)/t17-/m1/s1. The van der Waals surface area contributed by atoms with E-state index in [2.05, 4.69) is 15.6 Å². The Morgan fingerprint density at radius 1 is 1.10 bits per heavy atom. The van der Waals surface area contributed by atoms with Crippen LogP contribution < -0.4 is 15.5 Å². The van der Waals surface area contributed by atoms with E-state index in [1.165, 1.54) is 5.38 Å². The Morgan fingerprint density at radius 2 is 1.85 bits per heavy atom. The normalized spacial score (nSPS) is 14.6. The second-order valence-corrected chi connectivity index (χ2v) is 11.5. The summed E-state index contributed by atoms with van der Waals surface area (Å²) in [5.41, 5.74) is 1.75. The fraction of sp³-hybridized carbons (Fsp3) is 0.241. The van der Waals surface area contributed by atoms with Gasteiger partial charge in [-0.05, 0) is 49.9 Å². The van der Waals surface area contributed by atoms with Gasteiger partial charge in [0, 0.05) is 46.4 Å². The Balaban J connectivity index is 1.34. The van der Waals surface area contributed by atoms with Crippen LogP contribution in [-0.2, 0) is 4.74 Å². The topological polar surface area (TPSA) is 121 Å². The number of halogens is 1. The summed E-state index contributed by atoms with van der Waals surface area (Å²) in [6.45, 7) is 5.61. The molecule has 0 bridgehead atoms. The van der Waals surface area contributed by atoms with Gasteiger partial charge in [-0.1, -0.05) is 30.3 Å². The molecule has 0 aliphatic carbocycles. The van der Waals surface area contributed by atoms with Crippen LogP contribution in [0.5, 0.6) is 5.75 Å². The third-order valence-electron chi connectivity index (χ3n) is 6.29. The highest BCUT2D eigenvalue weighted by molar-refractivity contribution is 7.14. The number of benzene rings is 3. The SMILES string of the molecule is CC(C)(C)OC(=O)Nc1nc(C(=O)Nc2cccc(C(=O)N3C[C@@H](CCl)c4c3cc(O)c3ccccc43)c2)cs1. The highest BCUT2D eigenvalue weighted by Gasteiger charge is 2.35. The number of phenols is 1. The van der Waals surface area contributed by atoms with Gasteiger partial charge in [0.15, 0.2) is 5.13 Å². The van der Waals surface area contributed by atoms with Crippen LogP contribution in [0, 0.1) is 0 Å². The number of fused-ring (bicyclic) bond motifs is 3. The molecule has 3 aromatic carbocycles. The zero-order valence-corrected chi connectivity index (χ0v) is 23.6. The molecule has 0 fully saturated rings. The number of alkyl halides is 1. The Morgan fingerprint density at radius 3 is 2.58 bits per heavy atom. The molecule has 0 spiro atoms. The van der Waals surface area contributed by atoms with Crippen molar-refractivity contribution in [3.05, 3.63) is 76.8 Å². The Kier molecular flexibility index (Phi) is 7.39. The van der Waals surface area contributed by atoms with E-state index in [9.17, 15) is 19.5 Å². The van der Waals surface area contributed by atoms with Gasteiger partial charge in [-0.3, -0.25) is 14.9 Å². The van der Waals surface area contributed by atoms with Crippen LogP contribution in [0.4, 0.5) is 21.3 Å². The molecule has 206 valence electrons. The molecule has 0 saturated carbocycles. The molecule has 0 radical (unpaired) electrons. The van der Waals surface area contributed by atoms with Crippen molar-refractivity contribution >= 4 is 68.1 Å². The number of thiazole rings is 1. The minimum Gasteiger partial charge on any atom is -0.507 e. The quantitative estimate of drug-likeness (QED) is 0.230. The number of amides is 3. The summed E-state index contributed by atoms with van der Waals surface area (Å²) in [4.78, 5) is 44.3. The van der Waals surface area contributed by atoms with Gasteiger partial charge < -0.3 is 20.1 Å². The van der Waals surface area contributed by atoms with Gasteiger partial charge in [0.2, 0.25) is 0 Å². The van der Waals surface area contributed by atoms with Crippen LogP contribution in [0.25, 0.3) is 10.8 Å². The first-order chi connectivity index (χ1) is 19.0. The zero-order valence-electron chi connectivity index (χ0n) is 22.0. The van der Waals surface area contributed by atoms with Gasteiger partial charge in [0.25, 0.3) is 11.8 Å². The fourth-order valence-corrected chi connectivity index (χ4v) is 5.58. The molecular weight excluding hydrogens is 552 g/mol. The van der Waals surface area contributed by atoms with E-state index in [0.29, 0.717) is 34.7 Å². The second-order valence-electron chi connectivity index (χ2n) is 10.3. The number of ether oxygens (including phenoxy) is 1. The molecule has 1 atom stereocenters. The van der Waals surface area contributed by atoms with E-state index < -0.39 is 17.6 Å². The average Bonchev–Trinajstić information content (AvgIpc) is 3.52. The molecule has 9 nitrogen and oxygen atoms in total. The van der Waals surface area contributed by atoms with Crippen LogP contribution in [0.1, 0.15) is 53.1 Å². The molecule has 1 aromatic heterocycles. The van der Waals surface area contributed by atoms with Crippen molar-refractivity contribution in [2.45, 2.75) is 32.3 Å². The minimum atomic E-state index is -0.666. The number of hydrogen-bond acceptors (Lipinski definition) is 7. The number of carbonyl (C=O) groups excluding carboxylic acids is 3. The van der Waals surface area contributed by atoms with E-state index >= 15 is 0 Å². The molecule has 40 heavy (non-hydrogen) atoms. The van der Waals surface area contributed by atoms with E-state index in [0.717, 1.165) is 22.3 Å². The first-order valence-corrected chi connectivity index (χ1v) is 13.9. The monoisotopic (exact) mass is 578 g/mol. The van der Waals surface area contributed by atoms with Gasteiger partial charge >= 0.3 is 6.09 Å². The van der Waals surface area contributed by atoms with Gasteiger partial charge in [0.05, 0.1) is 5.69 Å². The summed E-state index contributed by atoms with van der Waals surface area (Å²) >= 11 is 7.40. The average molecular weight is 579 g/mol. The molecule has 5 rings (SSSR count). The second kappa shape index (κ2) is 10.8. The molecule has 3 N–H and O–H groups in total. The molecule has 4 aromatic rings. The number of nitrogens with one attached hydrogen (secondary N) is 2. The predicted octanol–water partition coefficient (Wildman–Crippen LogP) is 6.58. The lowest BCUT2D eigenvalue weighted by Crippen LogP contribution is -2.30. The number of aromatic hydroxyl groups is 1. The van der Waals surface area contributed by atoms with E-state index in [4.69, 9.17) is 16.3 Å². The number of phenolic OH excluding ortho intramolecular Hbond substituents is 1. The Bertz CT molecular complexity index is 1630. The first kappa shape index (κ1) is 27.4. The summed E-state index contributed by atoms with van der Waals surface area (Å²) in [5, 5.41) is 19.2. The van der Waals surface area contributed by atoms with E-state index in [1.54, 1.807) is 56.0 Å². The van der Waals surface area contributed by atoms with Crippen molar-refractivity contribution < 1.29 is 24.2 Å². The predicted molar refractivity (Wildman–Crippen MR) is 157 cm³/mol. The van der Waals surface area contributed by atoms with Crippen molar-refractivity contribution in [2.24, 2.45) is 0 Å². The Labute approximate surface area is 239 Å². The first-order valence-electron chi connectivity index (χ1n) is 12.5. The van der Waals surface area contributed by atoms with Gasteiger partial charge in [0.1, 0.15) is 17.0 Å². The van der Waals surface area contributed by atoms with E-state index in [1.807, 2.05) is 24.3 Å². The lowest BCUT2D eigenvalue weighted by molar-refractivity contribution is 0.0635. The maximum atomic E-state index is 13.7. The summed E-state index contributed by atoms with van der Waals surface area (Å²) in [6, 6.07) is 15.7. The molecule has 11 heteroatoms. The van der Waals surface area contributed by atoms with Gasteiger partial charge in [-0.15, -0.1) is 22.9 Å². The molecule has 0 unspecified atom stereocenters. The third-order valence-corrected chi connectivity index (χ3v) is 7.42. The van der Waals surface area contributed by atoms with Crippen LogP contribution in [0.2, 0.25) is 0 Å². The van der Waals surface area contributed by atoms with Gasteiger partial charge in [-0.2, -0.15) is 0 Å². The Hall–Kier alpha value is -4.15. The summed E-state index contributed by atoms with van der Waals surface area (Å²) in [5.74, 6) is -0.463. The van der Waals surface area contributed by atoms with Crippen molar-refractivity contribution in [1.29, 1.82) is 0 Å². The number of hydrogen-bond donors (Lipinski definition) is 3.